The summed E-state index contributed by atoms with van der Waals surface area (Å²) in [5.74, 6) is 1.12. The Balaban J connectivity index is 1.54. The maximum atomic E-state index is 12.8. The van der Waals surface area contributed by atoms with Crippen LogP contribution in [0.15, 0.2) is 39.4 Å². The zero-order valence-electron chi connectivity index (χ0n) is 16.2. The molecule has 27 heavy (non-hydrogen) atoms. The summed E-state index contributed by atoms with van der Waals surface area (Å²) in [6.45, 7) is 8.63. The van der Waals surface area contributed by atoms with Gasteiger partial charge < -0.3 is 14.2 Å². The largest absolute Gasteiger partial charge is 0.468 e. The highest BCUT2D eigenvalue weighted by Crippen LogP contribution is 2.29. The Labute approximate surface area is 159 Å². The van der Waals surface area contributed by atoms with Crippen molar-refractivity contribution in [1.29, 1.82) is 0 Å². The van der Waals surface area contributed by atoms with Crippen molar-refractivity contribution in [3.63, 3.8) is 0 Å². The Kier molecular flexibility index (Phi) is 4.79. The topological polar surface area (TPSA) is 58.6 Å². The van der Waals surface area contributed by atoms with Gasteiger partial charge in [-0.05, 0) is 82.1 Å². The molecular formula is C22H26N2O3. The van der Waals surface area contributed by atoms with Crippen LogP contribution >= 0.6 is 0 Å². The lowest BCUT2D eigenvalue weighted by Gasteiger charge is -2.25. The minimum atomic E-state index is -0.172. The van der Waals surface area contributed by atoms with Crippen molar-refractivity contribution in [1.82, 2.24) is 10.2 Å². The number of hydrogen-bond acceptors (Lipinski definition) is 4. The monoisotopic (exact) mass is 366 g/mol. The first kappa shape index (κ1) is 17.9. The molecule has 0 radical (unpaired) electrons. The molecular weight excluding hydrogens is 340 g/mol. The van der Waals surface area contributed by atoms with Gasteiger partial charge in [-0.15, -0.1) is 0 Å². The van der Waals surface area contributed by atoms with Gasteiger partial charge >= 0.3 is 0 Å². The van der Waals surface area contributed by atoms with Crippen molar-refractivity contribution in [2.24, 2.45) is 0 Å². The van der Waals surface area contributed by atoms with Gasteiger partial charge in [-0.25, -0.2) is 0 Å². The van der Waals surface area contributed by atoms with Crippen LogP contribution in [0.4, 0.5) is 0 Å². The molecule has 0 spiro atoms. The molecule has 1 aromatic carbocycles. The van der Waals surface area contributed by atoms with Crippen molar-refractivity contribution < 1.29 is 13.6 Å². The summed E-state index contributed by atoms with van der Waals surface area (Å²) < 4.78 is 11.5. The van der Waals surface area contributed by atoms with Crippen LogP contribution in [-0.2, 0) is 0 Å². The molecule has 2 aromatic heterocycles. The van der Waals surface area contributed by atoms with Gasteiger partial charge in [0, 0.05) is 17.5 Å². The fourth-order valence-electron chi connectivity index (χ4n) is 3.91. The van der Waals surface area contributed by atoms with Crippen LogP contribution in [0, 0.1) is 20.8 Å². The van der Waals surface area contributed by atoms with Crippen molar-refractivity contribution in [2.75, 3.05) is 19.6 Å². The van der Waals surface area contributed by atoms with E-state index >= 15 is 0 Å². The summed E-state index contributed by atoms with van der Waals surface area (Å²) in [7, 11) is 0. The van der Waals surface area contributed by atoms with E-state index in [1.54, 1.807) is 6.26 Å². The van der Waals surface area contributed by atoms with Crippen LogP contribution in [0.2, 0.25) is 0 Å². The van der Waals surface area contributed by atoms with Crippen LogP contribution in [-0.4, -0.2) is 30.4 Å². The predicted octanol–water partition coefficient (Wildman–Crippen LogP) is 4.52. The molecule has 1 saturated heterocycles. The van der Waals surface area contributed by atoms with E-state index in [4.69, 9.17) is 8.83 Å². The fourth-order valence-corrected chi connectivity index (χ4v) is 3.91. The van der Waals surface area contributed by atoms with E-state index in [1.807, 2.05) is 25.1 Å². The Hall–Kier alpha value is -2.53. The second kappa shape index (κ2) is 7.24. The molecule has 3 aromatic rings. The summed E-state index contributed by atoms with van der Waals surface area (Å²) in [4.78, 5) is 15.2. The maximum Gasteiger partial charge on any atom is 0.287 e. The van der Waals surface area contributed by atoms with Crippen LogP contribution in [0.1, 0.15) is 51.9 Å². The molecule has 142 valence electrons. The molecule has 5 nitrogen and oxygen atoms in total. The molecule has 1 aliphatic rings. The molecule has 3 heterocycles. The number of fused-ring (bicyclic) bond motifs is 1. The summed E-state index contributed by atoms with van der Waals surface area (Å²) >= 11 is 0. The van der Waals surface area contributed by atoms with E-state index in [-0.39, 0.29) is 11.9 Å². The smallest absolute Gasteiger partial charge is 0.287 e. The van der Waals surface area contributed by atoms with Gasteiger partial charge in [0.05, 0.1) is 12.3 Å². The number of benzene rings is 1. The van der Waals surface area contributed by atoms with Crippen LogP contribution in [0.25, 0.3) is 11.0 Å². The molecule has 5 heteroatoms. The molecule has 4 rings (SSSR count). The van der Waals surface area contributed by atoms with Gasteiger partial charge in [0.25, 0.3) is 5.91 Å². The minimum absolute atomic E-state index is 0.0561. The first-order valence-electron chi connectivity index (χ1n) is 9.60. The summed E-state index contributed by atoms with van der Waals surface area (Å²) in [5.41, 5.74) is 4.02. The number of carbonyl (C=O) groups excluding carboxylic acids is 1. The van der Waals surface area contributed by atoms with E-state index in [1.165, 1.54) is 18.4 Å². The number of amides is 1. The molecule has 1 unspecified atom stereocenters. The second-order valence-electron chi connectivity index (χ2n) is 7.47. The van der Waals surface area contributed by atoms with Gasteiger partial charge in [-0.3, -0.25) is 9.69 Å². The second-order valence-corrected chi connectivity index (χ2v) is 7.47. The number of aryl methyl sites for hydroxylation is 3. The third-order valence-electron chi connectivity index (χ3n) is 5.67. The van der Waals surface area contributed by atoms with E-state index in [0.29, 0.717) is 12.3 Å². The Bertz CT molecular complexity index is 950. The van der Waals surface area contributed by atoms with Gasteiger partial charge in [0.1, 0.15) is 11.3 Å². The van der Waals surface area contributed by atoms with Gasteiger partial charge in [0.15, 0.2) is 5.76 Å². The number of nitrogens with zero attached hydrogens (tertiary/aromatic N) is 1. The number of furan rings is 2. The first-order valence-corrected chi connectivity index (χ1v) is 9.60. The number of rotatable bonds is 5. The fraction of sp³-hybridized carbons (Fsp3) is 0.409. The first-order chi connectivity index (χ1) is 13.0. The molecule has 0 bridgehead atoms. The van der Waals surface area contributed by atoms with Gasteiger partial charge in [0.2, 0.25) is 0 Å². The lowest BCUT2D eigenvalue weighted by Crippen LogP contribution is -2.36. The van der Waals surface area contributed by atoms with Crippen LogP contribution in [0.3, 0.4) is 0 Å². The van der Waals surface area contributed by atoms with Gasteiger partial charge in [-0.2, -0.15) is 0 Å². The SMILES string of the molecule is Cc1cc2oc(C(=O)NCC(c3ccco3)N3CCCC3)c(C)c2cc1C. The highest BCUT2D eigenvalue weighted by atomic mass is 16.3. The Morgan fingerprint density at radius 1 is 1.19 bits per heavy atom. The lowest BCUT2D eigenvalue weighted by molar-refractivity contribution is 0.0907. The summed E-state index contributed by atoms with van der Waals surface area (Å²) in [5, 5.41) is 4.07. The molecule has 0 aliphatic carbocycles. The summed E-state index contributed by atoms with van der Waals surface area (Å²) in [6, 6.07) is 8.03. The van der Waals surface area contributed by atoms with Crippen molar-refractivity contribution >= 4 is 16.9 Å². The number of likely N-dealkylation sites (tertiary alicyclic amines) is 1. The van der Waals surface area contributed by atoms with E-state index in [9.17, 15) is 4.79 Å². The maximum absolute atomic E-state index is 12.8. The predicted molar refractivity (Wildman–Crippen MR) is 105 cm³/mol. The lowest BCUT2D eigenvalue weighted by atomic mass is 10.0. The Morgan fingerprint density at radius 2 is 1.93 bits per heavy atom. The highest BCUT2D eigenvalue weighted by Gasteiger charge is 2.27. The molecule has 1 aliphatic heterocycles. The molecule has 1 N–H and O–H groups in total. The van der Waals surface area contributed by atoms with Crippen LogP contribution < -0.4 is 5.32 Å². The van der Waals surface area contributed by atoms with E-state index < -0.39 is 0 Å². The quantitative estimate of drug-likeness (QED) is 0.721. The molecule has 1 amide bonds. The average Bonchev–Trinajstić information content (AvgIpc) is 3.39. The van der Waals surface area contributed by atoms with E-state index in [2.05, 4.69) is 30.1 Å². The standard InChI is InChI=1S/C22H26N2O3/c1-14-11-17-16(3)21(27-20(17)12-15(14)2)22(25)23-13-18(19-7-6-10-26-19)24-8-4-5-9-24/h6-7,10-12,18H,4-5,8-9,13H2,1-3H3,(H,23,25). The van der Waals surface area contributed by atoms with Crippen LogP contribution in [0.5, 0.6) is 0 Å². The molecule has 1 atom stereocenters. The third-order valence-corrected chi connectivity index (χ3v) is 5.67. The Morgan fingerprint density at radius 3 is 2.63 bits per heavy atom. The average molecular weight is 366 g/mol. The van der Waals surface area contributed by atoms with Crippen molar-refractivity contribution in [3.8, 4) is 0 Å². The third kappa shape index (κ3) is 3.39. The molecule has 0 saturated carbocycles. The zero-order chi connectivity index (χ0) is 19.0. The highest BCUT2D eigenvalue weighted by molar-refractivity contribution is 5.99. The minimum Gasteiger partial charge on any atom is -0.468 e. The molecule has 1 fully saturated rings. The summed E-state index contributed by atoms with van der Waals surface area (Å²) in [6.07, 6.45) is 4.06. The zero-order valence-corrected chi connectivity index (χ0v) is 16.2. The number of carbonyl (C=O) groups is 1. The van der Waals surface area contributed by atoms with Crippen molar-refractivity contribution in [3.05, 3.63) is 58.7 Å². The van der Waals surface area contributed by atoms with Gasteiger partial charge in [-0.1, -0.05) is 0 Å². The normalized spacial score (nSPS) is 16.1. The number of nitrogens with one attached hydrogen (secondary N) is 1. The van der Waals surface area contributed by atoms with Crippen molar-refractivity contribution in [2.45, 2.75) is 39.7 Å². The van der Waals surface area contributed by atoms with E-state index in [0.717, 1.165) is 40.9 Å². The number of hydrogen-bond donors (Lipinski definition) is 1.